The van der Waals surface area contributed by atoms with Crippen LogP contribution < -0.4 is 0 Å². The minimum atomic E-state index is -3.53. The average Bonchev–Trinajstić information content (AvgIpc) is 2.85. The molecule has 2 aliphatic carbocycles. The Bertz CT molecular complexity index is 890. The molecule has 34 heavy (non-hydrogen) atoms. The predicted octanol–water partition coefficient (Wildman–Crippen LogP) is 8.53. The molecule has 0 bridgehead atoms. The SMILES string of the molecule is CC1CCC(C(=O)C2(C(F)(F)c3ccccc3)CCC(C)CC2)(C(F)(F)c2ccccc2)CC1. The second-order valence-corrected chi connectivity index (χ2v) is 10.7. The molecule has 0 aliphatic heterocycles. The van der Waals surface area contributed by atoms with E-state index in [4.69, 9.17) is 0 Å². The van der Waals surface area contributed by atoms with E-state index in [9.17, 15) is 4.79 Å². The van der Waals surface area contributed by atoms with Crippen LogP contribution in [0, 0.1) is 22.7 Å². The van der Waals surface area contributed by atoms with Crippen LogP contribution in [0.25, 0.3) is 0 Å². The van der Waals surface area contributed by atoms with E-state index < -0.39 is 28.5 Å². The minimum Gasteiger partial charge on any atom is -0.298 e. The average molecular weight is 475 g/mol. The highest BCUT2D eigenvalue weighted by Gasteiger charge is 2.70. The van der Waals surface area contributed by atoms with Crippen LogP contribution in [0.4, 0.5) is 17.6 Å². The van der Waals surface area contributed by atoms with Gasteiger partial charge in [0, 0.05) is 11.1 Å². The van der Waals surface area contributed by atoms with Gasteiger partial charge >= 0.3 is 0 Å². The highest BCUT2D eigenvalue weighted by molar-refractivity contribution is 5.93. The molecule has 1 nitrogen and oxygen atoms in total. The highest BCUT2D eigenvalue weighted by Crippen LogP contribution is 2.64. The maximum absolute atomic E-state index is 16.4. The molecule has 2 saturated carbocycles. The number of halogens is 4. The number of carbonyl (C=O) groups excluding carboxylic acids is 1. The summed E-state index contributed by atoms with van der Waals surface area (Å²) in [5.41, 5.74) is -4.81. The van der Waals surface area contributed by atoms with Crippen molar-refractivity contribution < 1.29 is 22.4 Å². The molecule has 0 amide bonds. The summed E-state index contributed by atoms with van der Waals surface area (Å²) in [6.07, 6.45) is 1.42. The van der Waals surface area contributed by atoms with Gasteiger partial charge in [-0.2, -0.15) is 0 Å². The number of carbonyl (C=O) groups is 1. The molecule has 2 aromatic carbocycles. The minimum absolute atomic E-state index is 0.0724. The van der Waals surface area contributed by atoms with Crippen molar-refractivity contribution in [3.63, 3.8) is 0 Å². The Morgan fingerprint density at radius 1 is 0.647 bits per heavy atom. The van der Waals surface area contributed by atoms with Crippen LogP contribution >= 0.6 is 0 Å². The number of hydrogen-bond acceptors (Lipinski definition) is 1. The summed E-state index contributed by atoms with van der Waals surface area (Å²) in [7, 11) is 0. The number of alkyl halides is 4. The smallest absolute Gasteiger partial charge is 0.285 e. The van der Waals surface area contributed by atoms with Crippen molar-refractivity contribution >= 4 is 5.78 Å². The molecule has 4 rings (SSSR count). The molecule has 0 atom stereocenters. The lowest BCUT2D eigenvalue weighted by molar-refractivity contribution is -0.211. The summed E-state index contributed by atoms with van der Waals surface area (Å²) in [4.78, 5) is 14.5. The zero-order chi connectivity index (χ0) is 24.6. The summed E-state index contributed by atoms with van der Waals surface area (Å²) < 4.78 is 65.6. The first-order chi connectivity index (χ1) is 16.1. The summed E-state index contributed by atoms with van der Waals surface area (Å²) in [6, 6.07) is 14.6. The normalized spacial score (nSPS) is 30.6. The standard InChI is InChI=1S/C29H34F4O/c1-21-13-17-26(18-14-21,28(30,31)23-9-5-3-6-10-23)25(34)27(19-15-22(2)16-20-27)29(32,33)24-11-7-4-8-12-24/h3-12,21-22H,13-20H2,1-2H3. The van der Waals surface area contributed by atoms with Gasteiger partial charge in [-0.15, -0.1) is 0 Å². The fraction of sp³-hybridized carbons (Fsp3) is 0.552. The van der Waals surface area contributed by atoms with Gasteiger partial charge in [0.2, 0.25) is 0 Å². The summed E-state index contributed by atoms with van der Waals surface area (Å²) in [6.45, 7) is 3.96. The lowest BCUT2D eigenvalue weighted by Crippen LogP contribution is -2.59. The molecule has 5 heteroatoms. The molecule has 0 unspecified atom stereocenters. The van der Waals surface area contributed by atoms with E-state index in [2.05, 4.69) is 0 Å². The van der Waals surface area contributed by atoms with Crippen LogP contribution in [0.3, 0.4) is 0 Å². The van der Waals surface area contributed by atoms with E-state index in [0.717, 1.165) is 0 Å². The Morgan fingerprint density at radius 2 is 0.941 bits per heavy atom. The van der Waals surface area contributed by atoms with Crippen molar-refractivity contribution in [1.82, 2.24) is 0 Å². The number of benzene rings is 2. The van der Waals surface area contributed by atoms with Gasteiger partial charge in [0.25, 0.3) is 11.8 Å². The van der Waals surface area contributed by atoms with Gasteiger partial charge in [0.15, 0.2) is 5.78 Å². The first-order valence-electron chi connectivity index (χ1n) is 12.5. The fourth-order valence-corrected chi connectivity index (χ4v) is 6.18. The van der Waals surface area contributed by atoms with Crippen LogP contribution in [0.1, 0.15) is 76.3 Å². The predicted molar refractivity (Wildman–Crippen MR) is 126 cm³/mol. The molecular formula is C29H34F4O. The highest BCUT2D eigenvalue weighted by atomic mass is 19.3. The zero-order valence-electron chi connectivity index (χ0n) is 20.0. The van der Waals surface area contributed by atoms with Gasteiger partial charge in [0.05, 0.1) is 10.8 Å². The third-order valence-electron chi connectivity index (χ3n) is 8.60. The van der Waals surface area contributed by atoms with Crippen molar-refractivity contribution in [2.24, 2.45) is 22.7 Å². The van der Waals surface area contributed by atoms with Gasteiger partial charge in [-0.25, -0.2) is 17.6 Å². The molecule has 0 spiro atoms. The lowest BCUT2D eigenvalue weighted by atomic mass is 9.52. The van der Waals surface area contributed by atoms with E-state index in [0.29, 0.717) is 25.7 Å². The van der Waals surface area contributed by atoms with Gasteiger partial charge in [-0.3, -0.25) is 4.79 Å². The van der Waals surface area contributed by atoms with Crippen molar-refractivity contribution in [2.75, 3.05) is 0 Å². The Kier molecular flexibility index (Phi) is 6.69. The van der Waals surface area contributed by atoms with Crippen molar-refractivity contribution in [1.29, 1.82) is 0 Å². The molecule has 2 fully saturated rings. The molecule has 0 radical (unpaired) electrons. The molecule has 0 saturated heterocycles. The van der Waals surface area contributed by atoms with Crippen molar-refractivity contribution in [2.45, 2.75) is 77.1 Å². The Hall–Kier alpha value is -2.17. The maximum Gasteiger partial charge on any atom is 0.285 e. The number of Topliss-reactive ketones (excluding diaryl/α,β-unsaturated/α-hetero) is 1. The van der Waals surface area contributed by atoms with E-state index in [1.165, 1.54) is 48.5 Å². The third-order valence-corrected chi connectivity index (χ3v) is 8.60. The molecular weight excluding hydrogens is 440 g/mol. The first-order valence-corrected chi connectivity index (χ1v) is 12.5. The Morgan fingerprint density at radius 3 is 1.24 bits per heavy atom. The van der Waals surface area contributed by atoms with Gasteiger partial charge in [0.1, 0.15) is 0 Å². The van der Waals surface area contributed by atoms with E-state index in [-0.39, 0.29) is 48.6 Å². The maximum atomic E-state index is 16.4. The van der Waals surface area contributed by atoms with Gasteiger partial charge < -0.3 is 0 Å². The molecule has 2 aromatic rings. The summed E-state index contributed by atoms with van der Waals surface area (Å²) in [5.74, 6) is -7.63. The molecule has 0 aromatic heterocycles. The third kappa shape index (κ3) is 3.89. The zero-order valence-corrected chi connectivity index (χ0v) is 20.0. The van der Waals surface area contributed by atoms with E-state index in [1.807, 2.05) is 13.8 Å². The number of ketones is 1. The topological polar surface area (TPSA) is 17.1 Å². The van der Waals surface area contributed by atoms with E-state index >= 15 is 17.6 Å². The van der Waals surface area contributed by atoms with Gasteiger partial charge in [-0.1, -0.05) is 74.5 Å². The van der Waals surface area contributed by atoms with Crippen LogP contribution in [-0.2, 0) is 16.6 Å². The Balaban J connectivity index is 1.88. The lowest BCUT2D eigenvalue weighted by Gasteiger charge is -2.52. The first kappa shape index (κ1) is 24.9. The second-order valence-electron chi connectivity index (χ2n) is 10.7. The van der Waals surface area contributed by atoms with E-state index in [1.54, 1.807) is 12.1 Å². The quantitative estimate of drug-likeness (QED) is 0.383. The van der Waals surface area contributed by atoms with Crippen LogP contribution in [0.5, 0.6) is 0 Å². The molecule has 0 N–H and O–H groups in total. The number of rotatable bonds is 6. The Labute approximate surface area is 200 Å². The van der Waals surface area contributed by atoms with Crippen LogP contribution in [0.15, 0.2) is 60.7 Å². The molecule has 2 aliphatic rings. The largest absolute Gasteiger partial charge is 0.298 e. The van der Waals surface area contributed by atoms with Gasteiger partial charge in [-0.05, 0) is 63.2 Å². The van der Waals surface area contributed by atoms with Crippen LogP contribution in [0.2, 0.25) is 0 Å². The summed E-state index contributed by atoms with van der Waals surface area (Å²) in [5, 5.41) is 0. The van der Waals surface area contributed by atoms with Crippen molar-refractivity contribution in [3.8, 4) is 0 Å². The van der Waals surface area contributed by atoms with Crippen LogP contribution in [-0.4, -0.2) is 5.78 Å². The molecule has 184 valence electrons. The second kappa shape index (κ2) is 9.13. The summed E-state index contributed by atoms with van der Waals surface area (Å²) >= 11 is 0. The van der Waals surface area contributed by atoms with Crippen molar-refractivity contribution in [3.05, 3.63) is 71.8 Å². The number of hydrogen-bond donors (Lipinski definition) is 0. The fourth-order valence-electron chi connectivity index (χ4n) is 6.18. The molecule has 0 heterocycles. The monoisotopic (exact) mass is 474 g/mol.